The topological polar surface area (TPSA) is 74.0 Å². The first kappa shape index (κ1) is 11.7. The van der Waals surface area contributed by atoms with E-state index in [0.29, 0.717) is 24.3 Å². The molecular formula is C14H13N3O2. The summed E-state index contributed by atoms with van der Waals surface area (Å²) in [5.41, 5.74) is 8.69. The second-order valence-electron chi connectivity index (χ2n) is 4.30. The average Bonchev–Trinajstić information content (AvgIpc) is 2.76. The molecule has 0 bridgehead atoms. The lowest BCUT2D eigenvalue weighted by atomic mass is 10.1. The van der Waals surface area contributed by atoms with Gasteiger partial charge in [0, 0.05) is 12.7 Å². The van der Waals surface area contributed by atoms with E-state index in [1.165, 1.54) is 4.57 Å². The fourth-order valence-corrected chi connectivity index (χ4v) is 2.00. The SMILES string of the molecule is NCc1ccc(Cn2c(=O)oc3cccnc32)cc1. The molecule has 0 fully saturated rings. The van der Waals surface area contributed by atoms with Crippen LogP contribution < -0.4 is 11.5 Å². The Morgan fingerprint density at radius 1 is 1.16 bits per heavy atom. The first-order valence-corrected chi connectivity index (χ1v) is 6.00. The molecule has 5 heteroatoms. The summed E-state index contributed by atoms with van der Waals surface area (Å²) in [6.45, 7) is 0.949. The lowest BCUT2D eigenvalue weighted by Gasteiger charge is -2.03. The van der Waals surface area contributed by atoms with Crippen LogP contribution in [0.4, 0.5) is 0 Å². The third-order valence-electron chi connectivity index (χ3n) is 3.02. The number of rotatable bonds is 3. The minimum atomic E-state index is -0.392. The maximum Gasteiger partial charge on any atom is 0.421 e. The molecule has 0 spiro atoms. The molecule has 0 saturated heterocycles. The number of hydrogen-bond donors (Lipinski definition) is 1. The van der Waals surface area contributed by atoms with Crippen LogP contribution in [0.5, 0.6) is 0 Å². The molecule has 0 radical (unpaired) electrons. The lowest BCUT2D eigenvalue weighted by molar-refractivity contribution is 0.517. The van der Waals surface area contributed by atoms with Crippen LogP contribution >= 0.6 is 0 Å². The molecule has 2 heterocycles. The molecule has 96 valence electrons. The van der Waals surface area contributed by atoms with Crippen molar-refractivity contribution in [3.05, 3.63) is 64.3 Å². The molecule has 2 N–H and O–H groups in total. The Labute approximate surface area is 109 Å². The van der Waals surface area contributed by atoms with E-state index in [1.807, 2.05) is 24.3 Å². The first-order valence-electron chi connectivity index (χ1n) is 6.00. The summed E-state index contributed by atoms with van der Waals surface area (Å²) in [4.78, 5) is 16.0. The molecule has 0 amide bonds. The predicted molar refractivity (Wildman–Crippen MR) is 71.7 cm³/mol. The summed E-state index contributed by atoms with van der Waals surface area (Å²) >= 11 is 0. The average molecular weight is 255 g/mol. The van der Waals surface area contributed by atoms with Crippen molar-refractivity contribution in [1.29, 1.82) is 0 Å². The van der Waals surface area contributed by atoms with Gasteiger partial charge in [-0.15, -0.1) is 0 Å². The highest BCUT2D eigenvalue weighted by molar-refractivity contribution is 5.67. The highest BCUT2D eigenvalue weighted by Gasteiger charge is 2.09. The van der Waals surface area contributed by atoms with Crippen molar-refractivity contribution in [2.45, 2.75) is 13.1 Å². The van der Waals surface area contributed by atoms with Crippen LogP contribution in [0.25, 0.3) is 11.2 Å². The lowest BCUT2D eigenvalue weighted by Crippen LogP contribution is -2.15. The minimum absolute atomic E-state index is 0.392. The van der Waals surface area contributed by atoms with Gasteiger partial charge in [-0.05, 0) is 23.3 Å². The van der Waals surface area contributed by atoms with Gasteiger partial charge in [0.05, 0.1) is 6.54 Å². The molecular weight excluding hydrogens is 242 g/mol. The summed E-state index contributed by atoms with van der Waals surface area (Å²) in [7, 11) is 0. The third kappa shape index (κ3) is 2.15. The van der Waals surface area contributed by atoms with E-state index in [9.17, 15) is 4.79 Å². The van der Waals surface area contributed by atoms with Gasteiger partial charge in [-0.2, -0.15) is 0 Å². The van der Waals surface area contributed by atoms with Crippen molar-refractivity contribution in [3.8, 4) is 0 Å². The van der Waals surface area contributed by atoms with Gasteiger partial charge in [0.25, 0.3) is 0 Å². The number of fused-ring (bicyclic) bond motifs is 1. The van der Waals surface area contributed by atoms with E-state index in [2.05, 4.69) is 4.98 Å². The minimum Gasteiger partial charge on any atom is -0.406 e. The Kier molecular flexibility index (Phi) is 2.89. The highest BCUT2D eigenvalue weighted by Crippen LogP contribution is 2.11. The van der Waals surface area contributed by atoms with Crippen molar-refractivity contribution >= 4 is 11.2 Å². The van der Waals surface area contributed by atoms with Gasteiger partial charge in [0.2, 0.25) is 0 Å². The van der Waals surface area contributed by atoms with Crippen molar-refractivity contribution in [2.75, 3.05) is 0 Å². The summed E-state index contributed by atoms with van der Waals surface area (Å²) in [6.07, 6.45) is 1.64. The van der Waals surface area contributed by atoms with Crippen molar-refractivity contribution in [2.24, 2.45) is 5.73 Å². The van der Waals surface area contributed by atoms with Crippen LogP contribution in [0.3, 0.4) is 0 Å². The Hall–Kier alpha value is -2.40. The number of nitrogens with two attached hydrogens (primary N) is 1. The van der Waals surface area contributed by atoms with Crippen LogP contribution in [0.1, 0.15) is 11.1 Å². The van der Waals surface area contributed by atoms with Crippen molar-refractivity contribution in [3.63, 3.8) is 0 Å². The van der Waals surface area contributed by atoms with E-state index in [0.717, 1.165) is 11.1 Å². The molecule has 3 rings (SSSR count). The molecule has 0 aliphatic heterocycles. The van der Waals surface area contributed by atoms with Crippen molar-refractivity contribution < 1.29 is 4.42 Å². The molecule has 0 saturated carbocycles. The summed E-state index contributed by atoms with van der Waals surface area (Å²) in [5, 5.41) is 0. The third-order valence-corrected chi connectivity index (χ3v) is 3.02. The molecule has 19 heavy (non-hydrogen) atoms. The second-order valence-corrected chi connectivity index (χ2v) is 4.30. The zero-order valence-corrected chi connectivity index (χ0v) is 10.2. The van der Waals surface area contributed by atoms with Gasteiger partial charge in [0.15, 0.2) is 11.2 Å². The van der Waals surface area contributed by atoms with E-state index >= 15 is 0 Å². The highest BCUT2D eigenvalue weighted by atomic mass is 16.4. The molecule has 0 unspecified atom stereocenters. The Balaban J connectivity index is 2.00. The number of pyridine rings is 1. The zero-order valence-electron chi connectivity index (χ0n) is 10.2. The molecule has 0 aliphatic rings. The molecule has 0 aliphatic carbocycles. The maximum atomic E-state index is 11.8. The van der Waals surface area contributed by atoms with Crippen LogP contribution in [-0.4, -0.2) is 9.55 Å². The fourth-order valence-electron chi connectivity index (χ4n) is 2.00. The molecule has 5 nitrogen and oxygen atoms in total. The van der Waals surface area contributed by atoms with Gasteiger partial charge in [0.1, 0.15) is 0 Å². The van der Waals surface area contributed by atoms with E-state index in [1.54, 1.807) is 18.3 Å². The monoisotopic (exact) mass is 255 g/mol. The number of oxazole rings is 1. The van der Waals surface area contributed by atoms with Gasteiger partial charge in [-0.3, -0.25) is 4.57 Å². The maximum absolute atomic E-state index is 11.8. The normalized spacial score (nSPS) is 11.0. The number of nitrogens with zero attached hydrogens (tertiary/aromatic N) is 2. The zero-order chi connectivity index (χ0) is 13.2. The number of benzene rings is 1. The fraction of sp³-hybridized carbons (Fsp3) is 0.143. The van der Waals surface area contributed by atoms with E-state index < -0.39 is 5.76 Å². The standard InChI is InChI=1S/C14H13N3O2/c15-8-10-3-5-11(6-4-10)9-17-13-12(19-14(17)18)2-1-7-16-13/h1-7H,8-9,15H2. The summed E-state index contributed by atoms with van der Waals surface area (Å²) in [6, 6.07) is 11.3. The van der Waals surface area contributed by atoms with Crippen LogP contribution in [-0.2, 0) is 13.1 Å². The van der Waals surface area contributed by atoms with Crippen molar-refractivity contribution in [1.82, 2.24) is 9.55 Å². The summed E-state index contributed by atoms with van der Waals surface area (Å²) < 4.78 is 6.66. The van der Waals surface area contributed by atoms with Gasteiger partial charge in [-0.1, -0.05) is 24.3 Å². The Morgan fingerprint density at radius 2 is 1.89 bits per heavy atom. The second kappa shape index (κ2) is 4.70. The molecule has 2 aromatic heterocycles. The Bertz CT molecular complexity index is 756. The van der Waals surface area contributed by atoms with E-state index in [-0.39, 0.29) is 0 Å². The van der Waals surface area contributed by atoms with Crippen LogP contribution in [0, 0.1) is 0 Å². The predicted octanol–water partition coefficient (Wildman–Crippen LogP) is 1.50. The first-order chi connectivity index (χ1) is 9.28. The van der Waals surface area contributed by atoms with Gasteiger partial charge >= 0.3 is 5.76 Å². The van der Waals surface area contributed by atoms with Gasteiger partial charge < -0.3 is 10.2 Å². The van der Waals surface area contributed by atoms with Crippen LogP contribution in [0.15, 0.2) is 51.8 Å². The van der Waals surface area contributed by atoms with Gasteiger partial charge in [-0.25, -0.2) is 9.78 Å². The quantitative estimate of drug-likeness (QED) is 0.769. The Morgan fingerprint density at radius 3 is 2.63 bits per heavy atom. The molecule has 3 aromatic rings. The smallest absolute Gasteiger partial charge is 0.406 e. The van der Waals surface area contributed by atoms with E-state index in [4.69, 9.17) is 10.2 Å². The van der Waals surface area contributed by atoms with Crippen LogP contribution in [0.2, 0.25) is 0 Å². The number of hydrogen-bond acceptors (Lipinski definition) is 4. The summed E-state index contributed by atoms with van der Waals surface area (Å²) in [5.74, 6) is -0.392. The molecule has 0 atom stereocenters. The largest absolute Gasteiger partial charge is 0.421 e. The number of aromatic nitrogens is 2. The molecule has 1 aromatic carbocycles.